The first-order valence-electron chi connectivity index (χ1n) is 10.5. The van der Waals surface area contributed by atoms with Gasteiger partial charge in [-0.2, -0.15) is 4.31 Å². The highest BCUT2D eigenvalue weighted by molar-refractivity contribution is 7.89. The molecule has 3 aromatic carbocycles. The van der Waals surface area contributed by atoms with E-state index < -0.39 is 10.0 Å². The lowest BCUT2D eigenvalue weighted by Gasteiger charge is -2.26. The Bertz CT molecular complexity index is 1440. The smallest absolute Gasteiger partial charge is 0.243 e. The minimum absolute atomic E-state index is 0.218. The van der Waals surface area contributed by atoms with E-state index in [2.05, 4.69) is 0 Å². The van der Waals surface area contributed by atoms with E-state index in [1.807, 2.05) is 6.07 Å². The Kier molecular flexibility index (Phi) is 5.88. The molecule has 0 atom stereocenters. The summed E-state index contributed by atoms with van der Waals surface area (Å²) in [7, 11) is -3.59. The van der Waals surface area contributed by atoms with Crippen molar-refractivity contribution < 1.29 is 17.5 Å². The molecule has 33 heavy (non-hydrogen) atoms. The van der Waals surface area contributed by atoms with Crippen LogP contribution in [0.4, 0.5) is 4.39 Å². The number of fused-ring (bicyclic) bond motifs is 1. The normalized spacial score (nSPS) is 15.1. The molecule has 0 N–H and O–H groups in total. The van der Waals surface area contributed by atoms with E-state index >= 15 is 0 Å². The predicted octanol–water partition coefficient (Wildman–Crippen LogP) is 5.38. The number of rotatable bonds is 4. The maximum absolute atomic E-state index is 14.7. The van der Waals surface area contributed by atoms with Crippen molar-refractivity contribution in [2.45, 2.75) is 4.90 Å². The summed E-state index contributed by atoms with van der Waals surface area (Å²) < 4.78 is 47.2. The molecule has 1 saturated heterocycles. The van der Waals surface area contributed by atoms with Crippen molar-refractivity contribution in [2.24, 2.45) is 0 Å². The van der Waals surface area contributed by atoms with E-state index in [-0.39, 0.29) is 10.7 Å². The lowest BCUT2D eigenvalue weighted by atomic mass is 9.98. The van der Waals surface area contributed by atoms with E-state index in [9.17, 15) is 12.8 Å². The topological polar surface area (TPSA) is 59.5 Å². The fourth-order valence-corrected chi connectivity index (χ4v) is 5.56. The first kappa shape index (κ1) is 22.0. The van der Waals surface area contributed by atoms with Gasteiger partial charge in [-0.25, -0.2) is 17.8 Å². The molecular formula is C25H20ClFN2O3S. The quantitative estimate of drug-likeness (QED) is 0.391. The van der Waals surface area contributed by atoms with Crippen LogP contribution in [0, 0.1) is 5.82 Å². The lowest BCUT2D eigenvalue weighted by Crippen LogP contribution is -2.40. The van der Waals surface area contributed by atoms with Crippen molar-refractivity contribution in [1.29, 1.82) is 0 Å². The second-order valence-electron chi connectivity index (χ2n) is 7.74. The van der Waals surface area contributed by atoms with Crippen LogP contribution in [0.2, 0.25) is 5.02 Å². The zero-order valence-corrected chi connectivity index (χ0v) is 19.1. The number of hydrogen-bond acceptors (Lipinski definition) is 4. The molecule has 8 heteroatoms. The average Bonchev–Trinajstić information content (AvgIpc) is 2.84. The molecule has 0 bridgehead atoms. The SMILES string of the molecule is O=S(=O)(c1ccc(-c2cc(-c3ccccc3F)c3cc(Cl)ccc3n2)cc1)N1CCOCC1. The molecule has 5 rings (SSSR count). The molecule has 168 valence electrons. The van der Waals surface area contributed by atoms with Gasteiger partial charge >= 0.3 is 0 Å². The Morgan fingerprint density at radius 3 is 2.36 bits per heavy atom. The number of aromatic nitrogens is 1. The van der Waals surface area contributed by atoms with E-state index in [0.717, 1.165) is 10.9 Å². The van der Waals surface area contributed by atoms with Crippen LogP contribution in [0.3, 0.4) is 0 Å². The van der Waals surface area contributed by atoms with E-state index in [0.29, 0.717) is 53.7 Å². The molecule has 0 radical (unpaired) electrons. The molecule has 0 aliphatic carbocycles. The summed E-state index contributed by atoms with van der Waals surface area (Å²) in [5, 5.41) is 1.27. The minimum Gasteiger partial charge on any atom is -0.379 e. The number of pyridine rings is 1. The fraction of sp³-hybridized carbons (Fsp3) is 0.160. The molecular weight excluding hydrogens is 463 g/mol. The van der Waals surface area contributed by atoms with Crippen LogP contribution in [0.15, 0.2) is 77.7 Å². The summed E-state index contributed by atoms with van der Waals surface area (Å²) in [4.78, 5) is 4.94. The van der Waals surface area contributed by atoms with Gasteiger partial charge in [0.2, 0.25) is 10.0 Å². The number of benzene rings is 3. The monoisotopic (exact) mass is 482 g/mol. The summed E-state index contributed by atoms with van der Waals surface area (Å²) in [6, 6.07) is 20.3. The molecule has 1 aromatic heterocycles. The molecule has 0 spiro atoms. The molecule has 0 unspecified atom stereocenters. The van der Waals surface area contributed by atoms with Crippen LogP contribution >= 0.6 is 11.6 Å². The first-order valence-corrected chi connectivity index (χ1v) is 12.3. The van der Waals surface area contributed by atoms with Crippen LogP contribution in [0.1, 0.15) is 0 Å². The van der Waals surface area contributed by atoms with Crippen molar-refractivity contribution in [2.75, 3.05) is 26.3 Å². The van der Waals surface area contributed by atoms with Gasteiger partial charge in [0, 0.05) is 34.6 Å². The van der Waals surface area contributed by atoms with Gasteiger partial charge in [0.15, 0.2) is 0 Å². The van der Waals surface area contributed by atoms with E-state index in [1.54, 1.807) is 60.7 Å². The molecule has 1 aliphatic rings. The van der Waals surface area contributed by atoms with Crippen LogP contribution < -0.4 is 0 Å². The third kappa shape index (κ3) is 4.25. The first-order chi connectivity index (χ1) is 15.9. The maximum atomic E-state index is 14.7. The Balaban J connectivity index is 1.59. The summed E-state index contributed by atoms with van der Waals surface area (Å²) in [6.45, 7) is 1.46. The fourth-order valence-electron chi connectivity index (χ4n) is 3.98. The molecule has 0 saturated carbocycles. The highest BCUT2D eigenvalue weighted by Crippen LogP contribution is 2.35. The lowest BCUT2D eigenvalue weighted by molar-refractivity contribution is 0.0730. The number of hydrogen-bond donors (Lipinski definition) is 0. The summed E-state index contributed by atoms with van der Waals surface area (Å²) in [5.74, 6) is -0.345. The molecule has 0 amide bonds. The second-order valence-corrected chi connectivity index (χ2v) is 10.1. The molecule has 2 heterocycles. The van der Waals surface area contributed by atoms with E-state index in [1.165, 1.54) is 10.4 Å². The van der Waals surface area contributed by atoms with Crippen molar-refractivity contribution >= 4 is 32.5 Å². The van der Waals surface area contributed by atoms with E-state index in [4.69, 9.17) is 21.3 Å². The molecule has 1 fully saturated rings. The van der Waals surface area contributed by atoms with Gasteiger partial charge in [-0.1, -0.05) is 41.9 Å². The van der Waals surface area contributed by atoms with Crippen molar-refractivity contribution in [3.63, 3.8) is 0 Å². The number of nitrogens with zero attached hydrogens (tertiary/aromatic N) is 2. The van der Waals surface area contributed by atoms with Crippen molar-refractivity contribution in [1.82, 2.24) is 9.29 Å². The average molecular weight is 483 g/mol. The highest BCUT2D eigenvalue weighted by Gasteiger charge is 2.26. The number of morpholine rings is 1. The Morgan fingerprint density at radius 1 is 0.909 bits per heavy atom. The number of sulfonamides is 1. The van der Waals surface area contributed by atoms with Crippen molar-refractivity contribution in [3.8, 4) is 22.4 Å². The van der Waals surface area contributed by atoms with Gasteiger partial charge in [0.1, 0.15) is 5.82 Å². The van der Waals surface area contributed by atoms with Gasteiger partial charge in [0.25, 0.3) is 0 Å². The van der Waals surface area contributed by atoms with Gasteiger partial charge in [0.05, 0.1) is 29.3 Å². The number of halogens is 2. The van der Waals surface area contributed by atoms with Crippen LogP contribution in [-0.4, -0.2) is 44.0 Å². The third-order valence-corrected chi connectivity index (χ3v) is 7.84. The Morgan fingerprint density at radius 2 is 1.64 bits per heavy atom. The summed E-state index contributed by atoms with van der Waals surface area (Å²) in [6.07, 6.45) is 0. The van der Waals surface area contributed by atoms with Gasteiger partial charge in [-0.3, -0.25) is 0 Å². The molecule has 1 aliphatic heterocycles. The van der Waals surface area contributed by atoms with Crippen LogP contribution in [0.5, 0.6) is 0 Å². The molecule has 5 nitrogen and oxygen atoms in total. The largest absolute Gasteiger partial charge is 0.379 e. The van der Waals surface area contributed by atoms with Gasteiger partial charge in [-0.05, 0) is 48.0 Å². The maximum Gasteiger partial charge on any atom is 0.243 e. The van der Waals surface area contributed by atoms with Gasteiger partial charge in [-0.15, -0.1) is 0 Å². The van der Waals surface area contributed by atoms with Crippen LogP contribution in [0.25, 0.3) is 33.3 Å². The standard InChI is InChI=1S/C25H20ClFN2O3S/c26-18-7-10-24-22(15-18)21(20-3-1-2-4-23(20)27)16-25(28-24)17-5-8-19(9-6-17)33(30,31)29-11-13-32-14-12-29/h1-10,15-16H,11-14H2. The predicted molar refractivity (Wildman–Crippen MR) is 127 cm³/mol. The number of ether oxygens (including phenoxy) is 1. The minimum atomic E-state index is -3.59. The van der Waals surface area contributed by atoms with Gasteiger partial charge < -0.3 is 4.74 Å². The van der Waals surface area contributed by atoms with Crippen molar-refractivity contribution in [3.05, 3.63) is 83.6 Å². The summed E-state index contributed by atoms with van der Waals surface area (Å²) >= 11 is 6.21. The third-order valence-electron chi connectivity index (χ3n) is 5.69. The highest BCUT2D eigenvalue weighted by atomic mass is 35.5. The van der Waals surface area contributed by atoms with Crippen LogP contribution in [-0.2, 0) is 14.8 Å². The summed E-state index contributed by atoms with van der Waals surface area (Å²) in [5.41, 5.74) is 3.12. The zero-order chi connectivity index (χ0) is 23.0. The second kappa shape index (κ2) is 8.83. The Labute approximate surface area is 196 Å². The molecule has 4 aromatic rings. The zero-order valence-electron chi connectivity index (χ0n) is 17.5. The Hall–Kier alpha value is -2.84.